The van der Waals surface area contributed by atoms with Gasteiger partial charge in [-0.05, 0) is 37.8 Å². The molecule has 2 aromatic rings. The largest absolute Gasteiger partial charge is 0.466 e. The summed E-state index contributed by atoms with van der Waals surface area (Å²) < 4.78 is 10.6. The Morgan fingerprint density at radius 2 is 2.19 bits per heavy atom. The van der Waals surface area contributed by atoms with Gasteiger partial charge >= 0.3 is 0 Å². The van der Waals surface area contributed by atoms with Crippen LogP contribution in [0.25, 0.3) is 0 Å². The average molecular weight is 357 g/mol. The van der Waals surface area contributed by atoms with Gasteiger partial charge in [0.2, 0.25) is 11.7 Å². The second-order valence-corrected chi connectivity index (χ2v) is 7.13. The Bertz CT molecular complexity index is 783. The SMILES string of the molecule is Cc1ccc(CCN2C(=O)CC[C@H]3CN(C(=O)c4ccno4)CC[C@H]32)o1. The number of carbonyl (C=O) groups excluding carboxylic acids is 2. The molecule has 0 radical (unpaired) electrons. The van der Waals surface area contributed by atoms with E-state index in [0.29, 0.717) is 32.0 Å². The van der Waals surface area contributed by atoms with Gasteiger partial charge in [-0.3, -0.25) is 9.59 Å². The summed E-state index contributed by atoms with van der Waals surface area (Å²) in [4.78, 5) is 28.8. The van der Waals surface area contributed by atoms with E-state index >= 15 is 0 Å². The third-order valence-corrected chi connectivity index (χ3v) is 5.47. The smallest absolute Gasteiger partial charge is 0.292 e. The quantitative estimate of drug-likeness (QED) is 0.839. The number of carbonyl (C=O) groups is 2. The van der Waals surface area contributed by atoms with Crippen LogP contribution in [0.3, 0.4) is 0 Å². The second kappa shape index (κ2) is 6.97. The molecule has 2 amide bonds. The summed E-state index contributed by atoms with van der Waals surface area (Å²) in [5.74, 6) is 2.49. The number of hydrogen-bond donors (Lipinski definition) is 0. The Hall–Kier alpha value is -2.57. The Morgan fingerprint density at radius 1 is 1.31 bits per heavy atom. The van der Waals surface area contributed by atoms with E-state index < -0.39 is 0 Å². The number of likely N-dealkylation sites (tertiary alicyclic amines) is 2. The van der Waals surface area contributed by atoms with E-state index in [2.05, 4.69) is 5.16 Å². The van der Waals surface area contributed by atoms with Crippen molar-refractivity contribution < 1.29 is 18.5 Å². The molecule has 138 valence electrons. The van der Waals surface area contributed by atoms with Crippen LogP contribution in [0.2, 0.25) is 0 Å². The first kappa shape index (κ1) is 16.9. The molecule has 2 aromatic heterocycles. The van der Waals surface area contributed by atoms with Crippen molar-refractivity contribution in [2.75, 3.05) is 19.6 Å². The lowest BCUT2D eigenvalue weighted by Crippen LogP contribution is -2.57. The maximum Gasteiger partial charge on any atom is 0.292 e. The van der Waals surface area contributed by atoms with Gasteiger partial charge in [0.05, 0.1) is 6.20 Å². The molecule has 0 aliphatic carbocycles. The molecule has 4 heterocycles. The summed E-state index contributed by atoms with van der Waals surface area (Å²) in [7, 11) is 0. The number of aromatic nitrogens is 1. The van der Waals surface area contributed by atoms with Gasteiger partial charge in [-0.25, -0.2) is 0 Å². The lowest BCUT2D eigenvalue weighted by molar-refractivity contribution is -0.140. The van der Waals surface area contributed by atoms with Crippen LogP contribution in [0.5, 0.6) is 0 Å². The molecule has 26 heavy (non-hydrogen) atoms. The fourth-order valence-electron chi connectivity index (χ4n) is 4.16. The third kappa shape index (κ3) is 3.25. The molecule has 0 bridgehead atoms. The molecule has 0 saturated carbocycles. The van der Waals surface area contributed by atoms with Crippen molar-refractivity contribution in [3.8, 4) is 0 Å². The molecule has 7 heteroatoms. The number of nitrogens with zero attached hydrogens (tertiary/aromatic N) is 3. The third-order valence-electron chi connectivity index (χ3n) is 5.47. The highest BCUT2D eigenvalue weighted by Gasteiger charge is 2.40. The average Bonchev–Trinajstić information content (AvgIpc) is 3.32. The van der Waals surface area contributed by atoms with Crippen LogP contribution in [0.15, 0.2) is 33.3 Å². The molecule has 2 atom stereocenters. The molecule has 0 aromatic carbocycles. The first-order chi connectivity index (χ1) is 12.6. The lowest BCUT2D eigenvalue weighted by atomic mass is 9.83. The zero-order valence-electron chi connectivity index (χ0n) is 14.9. The monoisotopic (exact) mass is 357 g/mol. The van der Waals surface area contributed by atoms with Crippen LogP contribution in [0.4, 0.5) is 0 Å². The Balaban J connectivity index is 1.41. The maximum absolute atomic E-state index is 12.5. The van der Waals surface area contributed by atoms with Crippen LogP contribution >= 0.6 is 0 Å². The topological polar surface area (TPSA) is 79.8 Å². The fourth-order valence-corrected chi connectivity index (χ4v) is 4.16. The van der Waals surface area contributed by atoms with Gasteiger partial charge in [-0.1, -0.05) is 5.16 Å². The van der Waals surface area contributed by atoms with Crippen molar-refractivity contribution in [3.63, 3.8) is 0 Å². The van der Waals surface area contributed by atoms with Gasteiger partial charge in [0.15, 0.2) is 0 Å². The van der Waals surface area contributed by atoms with Crippen LogP contribution in [-0.2, 0) is 11.2 Å². The van der Waals surface area contributed by atoms with Crippen molar-refractivity contribution in [1.29, 1.82) is 0 Å². The van der Waals surface area contributed by atoms with Crippen LogP contribution in [0.1, 0.15) is 41.3 Å². The van der Waals surface area contributed by atoms with E-state index in [4.69, 9.17) is 8.94 Å². The number of rotatable bonds is 4. The highest BCUT2D eigenvalue weighted by Crippen LogP contribution is 2.32. The van der Waals surface area contributed by atoms with E-state index in [0.717, 1.165) is 30.8 Å². The Labute approximate surface area is 151 Å². The van der Waals surface area contributed by atoms with Gasteiger partial charge in [-0.2, -0.15) is 0 Å². The van der Waals surface area contributed by atoms with Crippen molar-refractivity contribution in [2.45, 2.75) is 38.6 Å². The van der Waals surface area contributed by atoms with Crippen LogP contribution in [0, 0.1) is 12.8 Å². The van der Waals surface area contributed by atoms with Gasteiger partial charge in [0.1, 0.15) is 11.5 Å². The van der Waals surface area contributed by atoms with Crippen molar-refractivity contribution in [3.05, 3.63) is 41.7 Å². The highest BCUT2D eigenvalue weighted by molar-refractivity contribution is 5.91. The second-order valence-electron chi connectivity index (χ2n) is 7.13. The Kier molecular flexibility index (Phi) is 4.53. The van der Waals surface area contributed by atoms with E-state index in [1.807, 2.05) is 28.9 Å². The highest BCUT2D eigenvalue weighted by atomic mass is 16.5. The minimum Gasteiger partial charge on any atom is -0.466 e. The molecule has 0 N–H and O–H groups in total. The van der Waals surface area contributed by atoms with Crippen LogP contribution < -0.4 is 0 Å². The predicted molar refractivity (Wildman–Crippen MR) is 92.4 cm³/mol. The van der Waals surface area contributed by atoms with Gasteiger partial charge in [0.25, 0.3) is 5.91 Å². The number of fused-ring (bicyclic) bond motifs is 1. The van der Waals surface area contributed by atoms with Crippen LogP contribution in [-0.4, -0.2) is 52.4 Å². The van der Waals surface area contributed by atoms with E-state index in [1.54, 1.807) is 6.07 Å². The Morgan fingerprint density at radius 3 is 2.92 bits per heavy atom. The number of aryl methyl sites for hydroxylation is 1. The van der Waals surface area contributed by atoms with Crippen molar-refractivity contribution >= 4 is 11.8 Å². The minimum atomic E-state index is -0.115. The molecular formula is C19H23N3O4. The molecule has 2 aliphatic heterocycles. The molecule has 0 spiro atoms. The van der Waals surface area contributed by atoms with Crippen molar-refractivity contribution in [1.82, 2.24) is 15.0 Å². The summed E-state index contributed by atoms with van der Waals surface area (Å²) in [6, 6.07) is 5.71. The van der Waals surface area contributed by atoms with Gasteiger partial charge in [-0.15, -0.1) is 0 Å². The zero-order valence-corrected chi connectivity index (χ0v) is 14.9. The molecule has 7 nitrogen and oxygen atoms in total. The van der Waals surface area contributed by atoms with E-state index in [-0.39, 0.29) is 23.6 Å². The molecule has 4 rings (SSSR count). The van der Waals surface area contributed by atoms with E-state index in [9.17, 15) is 9.59 Å². The number of hydrogen-bond acceptors (Lipinski definition) is 5. The molecule has 2 saturated heterocycles. The summed E-state index contributed by atoms with van der Waals surface area (Å²) in [6.45, 7) is 3.88. The maximum atomic E-state index is 12.5. The summed E-state index contributed by atoms with van der Waals surface area (Å²) >= 11 is 0. The molecule has 2 fully saturated rings. The zero-order chi connectivity index (χ0) is 18.1. The molecule has 0 unspecified atom stereocenters. The first-order valence-electron chi connectivity index (χ1n) is 9.16. The number of furan rings is 1. The minimum absolute atomic E-state index is 0.115. The summed E-state index contributed by atoms with van der Waals surface area (Å²) in [6.07, 6.45) is 4.39. The first-order valence-corrected chi connectivity index (χ1v) is 9.16. The van der Waals surface area contributed by atoms with Gasteiger partial charge < -0.3 is 18.7 Å². The summed E-state index contributed by atoms with van der Waals surface area (Å²) in [5, 5.41) is 3.61. The number of piperidine rings is 2. The fraction of sp³-hybridized carbons (Fsp3) is 0.526. The van der Waals surface area contributed by atoms with Gasteiger partial charge in [0, 0.05) is 44.6 Å². The number of amides is 2. The van der Waals surface area contributed by atoms with Crippen molar-refractivity contribution in [2.24, 2.45) is 5.92 Å². The van der Waals surface area contributed by atoms with E-state index in [1.165, 1.54) is 6.20 Å². The molecule has 2 aliphatic rings. The lowest BCUT2D eigenvalue weighted by Gasteiger charge is -2.46. The predicted octanol–water partition coefficient (Wildman–Crippen LogP) is 2.27. The normalized spacial score (nSPS) is 23.2. The standard InChI is InChI=1S/C19H23N3O4/c1-13-2-4-15(25-13)7-11-22-16-8-10-21(12-14(16)3-5-18(22)23)19(24)17-6-9-20-26-17/h2,4,6,9,14,16H,3,5,7-8,10-12H2,1H3/t14-,16+/m0/s1. The molecular weight excluding hydrogens is 334 g/mol. The summed E-state index contributed by atoms with van der Waals surface area (Å²) in [5.41, 5.74) is 0.